The number of halogens is 1. The first kappa shape index (κ1) is 14.5. The molecular formula is C17H20FNO. The highest BCUT2D eigenvalue weighted by Gasteiger charge is 2.06. The summed E-state index contributed by atoms with van der Waals surface area (Å²) >= 11 is 0. The molecule has 1 atom stereocenters. The molecule has 0 radical (unpaired) electrons. The molecular weight excluding hydrogens is 253 g/mol. The zero-order valence-electron chi connectivity index (χ0n) is 12.1. The van der Waals surface area contributed by atoms with Crippen LogP contribution in [0.2, 0.25) is 0 Å². The first-order chi connectivity index (χ1) is 9.45. The van der Waals surface area contributed by atoms with E-state index in [4.69, 9.17) is 10.5 Å². The highest BCUT2D eigenvalue weighted by molar-refractivity contribution is 5.41. The molecule has 0 fully saturated rings. The minimum Gasteiger partial charge on any atom is -0.457 e. The Morgan fingerprint density at radius 2 is 1.80 bits per heavy atom. The lowest BCUT2D eigenvalue weighted by molar-refractivity contribution is 0.471. The van der Waals surface area contributed by atoms with E-state index in [1.54, 1.807) is 19.1 Å². The van der Waals surface area contributed by atoms with Gasteiger partial charge in [0, 0.05) is 12.1 Å². The molecule has 0 heterocycles. The van der Waals surface area contributed by atoms with E-state index < -0.39 is 0 Å². The lowest BCUT2D eigenvalue weighted by atomic mass is 10.1. The molecule has 0 amide bonds. The van der Waals surface area contributed by atoms with Gasteiger partial charge >= 0.3 is 0 Å². The Bertz CT molecular complexity index is 608. The van der Waals surface area contributed by atoms with Gasteiger partial charge in [0.15, 0.2) is 0 Å². The van der Waals surface area contributed by atoms with E-state index in [1.165, 1.54) is 6.07 Å². The second-order valence-electron chi connectivity index (χ2n) is 5.29. The molecule has 0 saturated carbocycles. The molecule has 0 aliphatic carbocycles. The van der Waals surface area contributed by atoms with E-state index in [0.29, 0.717) is 11.3 Å². The molecule has 0 aliphatic rings. The van der Waals surface area contributed by atoms with E-state index in [1.807, 2.05) is 32.0 Å². The van der Waals surface area contributed by atoms with Crippen LogP contribution in [0.1, 0.15) is 23.6 Å². The lowest BCUT2D eigenvalue weighted by Gasteiger charge is -2.12. The monoisotopic (exact) mass is 273 g/mol. The molecule has 0 spiro atoms. The molecule has 20 heavy (non-hydrogen) atoms. The second kappa shape index (κ2) is 6.06. The summed E-state index contributed by atoms with van der Waals surface area (Å²) in [5.41, 5.74) is 8.55. The standard InChI is InChI=1S/C17H20FNO/c1-11-5-7-15(10-16(11)18)20-17-9-14(8-13(3)19)6-4-12(17)2/h4-7,9-10,13H,8,19H2,1-3H3. The van der Waals surface area contributed by atoms with Crippen molar-refractivity contribution in [1.82, 2.24) is 0 Å². The Morgan fingerprint density at radius 1 is 1.10 bits per heavy atom. The average molecular weight is 273 g/mol. The Kier molecular flexibility index (Phi) is 4.40. The fourth-order valence-electron chi connectivity index (χ4n) is 2.02. The molecule has 2 nitrogen and oxygen atoms in total. The van der Waals surface area contributed by atoms with Crippen LogP contribution in [0.15, 0.2) is 36.4 Å². The fourth-order valence-corrected chi connectivity index (χ4v) is 2.02. The number of benzene rings is 2. The molecule has 2 N–H and O–H groups in total. The summed E-state index contributed by atoms with van der Waals surface area (Å²) in [5.74, 6) is 0.993. The van der Waals surface area contributed by atoms with Crippen LogP contribution >= 0.6 is 0 Å². The molecule has 106 valence electrons. The van der Waals surface area contributed by atoms with Gasteiger partial charge in [-0.2, -0.15) is 0 Å². The SMILES string of the molecule is Cc1ccc(Oc2cc(CC(C)N)ccc2C)cc1F. The maximum absolute atomic E-state index is 13.5. The van der Waals surface area contributed by atoms with E-state index >= 15 is 0 Å². The van der Waals surface area contributed by atoms with Crippen molar-refractivity contribution in [3.63, 3.8) is 0 Å². The van der Waals surface area contributed by atoms with Crippen LogP contribution in [0.4, 0.5) is 4.39 Å². The van der Waals surface area contributed by atoms with Gasteiger partial charge in [-0.3, -0.25) is 0 Å². The summed E-state index contributed by atoms with van der Waals surface area (Å²) in [5, 5.41) is 0. The van der Waals surface area contributed by atoms with Gasteiger partial charge in [-0.05, 0) is 56.0 Å². The largest absolute Gasteiger partial charge is 0.457 e. The number of rotatable bonds is 4. The van der Waals surface area contributed by atoms with Crippen LogP contribution < -0.4 is 10.5 Å². The van der Waals surface area contributed by atoms with Gasteiger partial charge in [-0.25, -0.2) is 4.39 Å². The lowest BCUT2D eigenvalue weighted by Crippen LogP contribution is -2.17. The third-order valence-electron chi connectivity index (χ3n) is 3.18. The van der Waals surface area contributed by atoms with Crippen molar-refractivity contribution >= 4 is 0 Å². The summed E-state index contributed by atoms with van der Waals surface area (Å²) in [4.78, 5) is 0. The third kappa shape index (κ3) is 3.58. The van der Waals surface area contributed by atoms with Gasteiger partial charge in [-0.15, -0.1) is 0 Å². The molecule has 0 aromatic heterocycles. The molecule has 0 saturated heterocycles. The van der Waals surface area contributed by atoms with Crippen LogP contribution in [0.3, 0.4) is 0 Å². The average Bonchev–Trinajstić information content (AvgIpc) is 2.37. The Morgan fingerprint density at radius 3 is 2.45 bits per heavy atom. The summed E-state index contributed by atoms with van der Waals surface area (Å²) in [7, 11) is 0. The molecule has 1 unspecified atom stereocenters. The number of hydrogen-bond donors (Lipinski definition) is 1. The van der Waals surface area contributed by atoms with Gasteiger partial charge in [-0.1, -0.05) is 18.2 Å². The predicted octanol–water partition coefficient (Wildman–Crippen LogP) is 4.12. The number of nitrogens with two attached hydrogens (primary N) is 1. The summed E-state index contributed by atoms with van der Waals surface area (Å²) in [6, 6.07) is 11.0. The zero-order chi connectivity index (χ0) is 14.7. The quantitative estimate of drug-likeness (QED) is 0.909. The van der Waals surface area contributed by atoms with Crippen molar-refractivity contribution in [3.05, 3.63) is 58.9 Å². The Labute approximate surface area is 119 Å². The van der Waals surface area contributed by atoms with Crippen molar-refractivity contribution in [2.75, 3.05) is 0 Å². The second-order valence-corrected chi connectivity index (χ2v) is 5.29. The van der Waals surface area contributed by atoms with Crippen molar-refractivity contribution in [1.29, 1.82) is 0 Å². The summed E-state index contributed by atoms with van der Waals surface area (Å²) in [6.07, 6.45) is 0.791. The Balaban J connectivity index is 2.25. The number of ether oxygens (including phenoxy) is 1. The number of hydrogen-bond acceptors (Lipinski definition) is 2. The first-order valence-electron chi connectivity index (χ1n) is 6.75. The van der Waals surface area contributed by atoms with Crippen LogP contribution in [-0.2, 0) is 6.42 Å². The van der Waals surface area contributed by atoms with Gasteiger partial charge in [0.25, 0.3) is 0 Å². The minimum atomic E-state index is -0.258. The van der Waals surface area contributed by atoms with Crippen LogP contribution in [-0.4, -0.2) is 6.04 Å². The molecule has 2 aromatic carbocycles. The maximum atomic E-state index is 13.5. The van der Waals surface area contributed by atoms with Crippen molar-refractivity contribution < 1.29 is 9.13 Å². The van der Waals surface area contributed by atoms with Gasteiger partial charge in [0.1, 0.15) is 17.3 Å². The summed E-state index contributed by atoms with van der Waals surface area (Å²) < 4.78 is 19.3. The van der Waals surface area contributed by atoms with E-state index in [0.717, 1.165) is 23.3 Å². The molecule has 0 bridgehead atoms. The van der Waals surface area contributed by atoms with E-state index in [-0.39, 0.29) is 11.9 Å². The van der Waals surface area contributed by atoms with Gasteiger partial charge in [0.2, 0.25) is 0 Å². The molecule has 2 rings (SSSR count). The van der Waals surface area contributed by atoms with Crippen LogP contribution in [0, 0.1) is 19.7 Å². The Hall–Kier alpha value is -1.87. The van der Waals surface area contributed by atoms with Crippen molar-refractivity contribution in [2.45, 2.75) is 33.2 Å². The van der Waals surface area contributed by atoms with Gasteiger partial charge in [0.05, 0.1) is 0 Å². The zero-order valence-corrected chi connectivity index (χ0v) is 12.1. The molecule has 3 heteroatoms. The molecule has 2 aromatic rings. The minimum absolute atomic E-state index is 0.0994. The van der Waals surface area contributed by atoms with Gasteiger partial charge < -0.3 is 10.5 Å². The number of aryl methyl sites for hydroxylation is 2. The van der Waals surface area contributed by atoms with E-state index in [9.17, 15) is 4.39 Å². The van der Waals surface area contributed by atoms with Crippen LogP contribution in [0.5, 0.6) is 11.5 Å². The maximum Gasteiger partial charge on any atom is 0.130 e. The van der Waals surface area contributed by atoms with E-state index in [2.05, 4.69) is 0 Å². The highest BCUT2D eigenvalue weighted by atomic mass is 19.1. The fraction of sp³-hybridized carbons (Fsp3) is 0.294. The first-order valence-corrected chi connectivity index (χ1v) is 6.75. The molecule has 0 aliphatic heterocycles. The van der Waals surface area contributed by atoms with Crippen LogP contribution in [0.25, 0.3) is 0 Å². The summed E-state index contributed by atoms with van der Waals surface area (Å²) in [6.45, 7) is 5.67. The smallest absolute Gasteiger partial charge is 0.130 e. The van der Waals surface area contributed by atoms with Crippen molar-refractivity contribution in [3.8, 4) is 11.5 Å². The topological polar surface area (TPSA) is 35.2 Å². The third-order valence-corrected chi connectivity index (χ3v) is 3.18. The van der Waals surface area contributed by atoms with Crippen molar-refractivity contribution in [2.24, 2.45) is 5.73 Å². The predicted molar refractivity (Wildman–Crippen MR) is 79.7 cm³/mol. The highest BCUT2D eigenvalue weighted by Crippen LogP contribution is 2.27. The normalized spacial score (nSPS) is 12.2.